The molecule has 1 fully saturated rings. The van der Waals surface area contributed by atoms with Gasteiger partial charge in [0.25, 0.3) is 0 Å². The van der Waals surface area contributed by atoms with E-state index in [-0.39, 0.29) is 18.0 Å². The summed E-state index contributed by atoms with van der Waals surface area (Å²) in [6.45, 7) is 0.455. The second-order valence-electron chi connectivity index (χ2n) is 6.53. The minimum absolute atomic E-state index is 0.0119. The maximum atomic E-state index is 12.4. The fourth-order valence-corrected chi connectivity index (χ4v) is 3.27. The van der Waals surface area contributed by atoms with Crippen LogP contribution in [-0.4, -0.2) is 33.6 Å². The molecule has 1 aliphatic rings. The van der Waals surface area contributed by atoms with Crippen LogP contribution in [0.15, 0.2) is 59.3 Å². The first kappa shape index (κ1) is 17.4. The third-order valence-electron chi connectivity index (χ3n) is 4.66. The van der Waals surface area contributed by atoms with Gasteiger partial charge in [-0.25, -0.2) is 0 Å². The van der Waals surface area contributed by atoms with Gasteiger partial charge in [-0.05, 0) is 30.5 Å². The number of rotatable bonds is 6. The van der Waals surface area contributed by atoms with Crippen molar-refractivity contribution in [1.82, 2.24) is 25.8 Å². The number of nitrogens with one attached hydrogen (secondary N) is 2. The zero-order chi connectivity index (χ0) is 18.5. The van der Waals surface area contributed by atoms with E-state index < -0.39 is 0 Å². The molecule has 2 atom stereocenters. The number of hydrogen-bond donors (Lipinski definition) is 2. The molecule has 0 spiro atoms. The van der Waals surface area contributed by atoms with Crippen LogP contribution in [0.25, 0.3) is 11.5 Å². The summed E-state index contributed by atoms with van der Waals surface area (Å²) in [6, 6.07) is 15.8. The topological polar surface area (TPSA) is 92.9 Å². The van der Waals surface area contributed by atoms with Crippen molar-refractivity contribution in [2.24, 2.45) is 0 Å². The van der Waals surface area contributed by atoms with Crippen molar-refractivity contribution in [3.05, 3.63) is 66.2 Å². The molecular weight excluding hydrogens is 342 g/mol. The van der Waals surface area contributed by atoms with Crippen LogP contribution in [-0.2, 0) is 11.2 Å². The number of carbonyl (C=O) groups excluding carboxylic acids is 1. The molecule has 1 aromatic carbocycles. The highest BCUT2D eigenvalue weighted by Gasteiger charge is 2.29. The zero-order valence-electron chi connectivity index (χ0n) is 14.8. The molecule has 3 heterocycles. The minimum Gasteiger partial charge on any atom is -0.354 e. The second kappa shape index (κ2) is 8.09. The Kier molecular flexibility index (Phi) is 5.20. The third kappa shape index (κ3) is 4.20. The highest BCUT2D eigenvalue weighted by molar-refractivity contribution is 5.82. The van der Waals surface area contributed by atoms with Crippen molar-refractivity contribution in [3.8, 4) is 11.5 Å². The Hall–Kier alpha value is -3.06. The van der Waals surface area contributed by atoms with Crippen LogP contribution in [0.5, 0.6) is 0 Å². The van der Waals surface area contributed by atoms with Gasteiger partial charge in [0.1, 0.15) is 5.69 Å². The molecule has 4 rings (SSSR count). The molecule has 0 unspecified atom stereocenters. The molecule has 27 heavy (non-hydrogen) atoms. The van der Waals surface area contributed by atoms with E-state index >= 15 is 0 Å². The highest BCUT2D eigenvalue weighted by atomic mass is 16.5. The average Bonchev–Trinajstić information content (AvgIpc) is 3.39. The van der Waals surface area contributed by atoms with Crippen molar-refractivity contribution in [2.45, 2.75) is 31.3 Å². The summed E-state index contributed by atoms with van der Waals surface area (Å²) >= 11 is 0. The first-order chi connectivity index (χ1) is 13.3. The molecular formula is C20H21N5O2. The van der Waals surface area contributed by atoms with E-state index in [2.05, 4.69) is 37.9 Å². The van der Waals surface area contributed by atoms with Gasteiger partial charge in [0, 0.05) is 25.2 Å². The minimum atomic E-state index is -0.165. The van der Waals surface area contributed by atoms with E-state index in [9.17, 15) is 4.79 Å². The van der Waals surface area contributed by atoms with Crippen LogP contribution >= 0.6 is 0 Å². The van der Waals surface area contributed by atoms with Crippen molar-refractivity contribution >= 4 is 5.91 Å². The van der Waals surface area contributed by atoms with Crippen LogP contribution in [0, 0.1) is 0 Å². The fourth-order valence-electron chi connectivity index (χ4n) is 3.27. The van der Waals surface area contributed by atoms with Crippen molar-refractivity contribution < 1.29 is 9.32 Å². The smallest absolute Gasteiger partial charge is 0.237 e. The van der Waals surface area contributed by atoms with E-state index in [1.807, 2.05) is 36.4 Å². The summed E-state index contributed by atoms with van der Waals surface area (Å²) in [4.78, 5) is 20.9. The molecule has 1 amide bonds. The number of benzene rings is 1. The SMILES string of the molecule is O=C(NCCc1nc(-c2ccccn2)no1)[C@H]1CC[C@H](c2ccccc2)N1. The van der Waals surface area contributed by atoms with Gasteiger partial charge < -0.3 is 9.84 Å². The lowest BCUT2D eigenvalue weighted by molar-refractivity contribution is -0.122. The first-order valence-corrected chi connectivity index (χ1v) is 9.12. The summed E-state index contributed by atoms with van der Waals surface area (Å²) in [5.74, 6) is 0.954. The normalized spacial score (nSPS) is 19.1. The molecule has 138 valence electrons. The Bertz CT molecular complexity index is 882. The number of aromatic nitrogens is 3. The Morgan fingerprint density at radius 1 is 1.15 bits per heavy atom. The number of hydrogen-bond acceptors (Lipinski definition) is 6. The van der Waals surface area contributed by atoms with Crippen molar-refractivity contribution in [1.29, 1.82) is 0 Å². The lowest BCUT2D eigenvalue weighted by atomic mass is 10.1. The summed E-state index contributed by atoms with van der Waals surface area (Å²) < 4.78 is 5.23. The van der Waals surface area contributed by atoms with Crippen molar-refractivity contribution in [3.63, 3.8) is 0 Å². The largest absolute Gasteiger partial charge is 0.354 e. The zero-order valence-corrected chi connectivity index (χ0v) is 14.8. The molecule has 2 aromatic heterocycles. The van der Waals surface area contributed by atoms with E-state index in [0.717, 1.165) is 12.8 Å². The first-order valence-electron chi connectivity index (χ1n) is 9.12. The van der Waals surface area contributed by atoms with Gasteiger partial charge in [0.2, 0.25) is 17.6 Å². The molecule has 0 radical (unpaired) electrons. The molecule has 0 aliphatic carbocycles. The van der Waals surface area contributed by atoms with Crippen LogP contribution < -0.4 is 10.6 Å². The Balaban J connectivity index is 1.25. The predicted molar refractivity (Wildman–Crippen MR) is 99.6 cm³/mol. The number of pyridine rings is 1. The average molecular weight is 363 g/mol. The lowest BCUT2D eigenvalue weighted by Gasteiger charge is -2.14. The van der Waals surface area contributed by atoms with Gasteiger partial charge in [-0.3, -0.25) is 15.1 Å². The quantitative estimate of drug-likeness (QED) is 0.698. The molecule has 3 aromatic rings. The standard InChI is InChI=1S/C20H21N5O2/c26-20(17-10-9-15(23-17)14-6-2-1-3-7-14)22-13-11-18-24-19(25-27-18)16-8-4-5-12-21-16/h1-8,12,15,17,23H,9-11,13H2,(H,22,26)/t15-,17-/m1/s1. The molecule has 1 aliphatic heterocycles. The summed E-state index contributed by atoms with van der Waals surface area (Å²) in [6.07, 6.45) is 3.96. The van der Waals surface area contributed by atoms with E-state index in [1.165, 1.54) is 5.56 Å². The second-order valence-corrected chi connectivity index (χ2v) is 6.53. The van der Waals surface area contributed by atoms with Gasteiger partial charge >= 0.3 is 0 Å². The van der Waals surface area contributed by atoms with Gasteiger partial charge in [-0.1, -0.05) is 41.6 Å². The summed E-state index contributed by atoms with van der Waals surface area (Å²) in [5, 5.41) is 10.3. The molecule has 7 heteroatoms. The third-order valence-corrected chi connectivity index (χ3v) is 4.66. The lowest BCUT2D eigenvalue weighted by Crippen LogP contribution is -2.41. The van der Waals surface area contributed by atoms with Crippen LogP contribution in [0.4, 0.5) is 0 Å². The number of carbonyl (C=O) groups is 1. The maximum absolute atomic E-state index is 12.4. The van der Waals surface area contributed by atoms with Gasteiger partial charge in [-0.15, -0.1) is 0 Å². The summed E-state index contributed by atoms with van der Waals surface area (Å²) in [7, 11) is 0. The van der Waals surface area contributed by atoms with Gasteiger partial charge in [0.15, 0.2) is 0 Å². The van der Waals surface area contributed by atoms with Crippen LogP contribution in [0.2, 0.25) is 0 Å². The summed E-state index contributed by atoms with van der Waals surface area (Å²) in [5.41, 5.74) is 1.89. The van der Waals surface area contributed by atoms with E-state index in [4.69, 9.17) is 4.52 Å². The Morgan fingerprint density at radius 2 is 2.00 bits per heavy atom. The Labute approximate surface area is 157 Å². The van der Waals surface area contributed by atoms with Crippen LogP contribution in [0.3, 0.4) is 0 Å². The molecule has 2 N–H and O–H groups in total. The van der Waals surface area contributed by atoms with Gasteiger partial charge in [-0.2, -0.15) is 4.98 Å². The van der Waals surface area contributed by atoms with Gasteiger partial charge in [0.05, 0.1) is 6.04 Å². The fraction of sp³-hybridized carbons (Fsp3) is 0.300. The Morgan fingerprint density at radius 3 is 2.81 bits per heavy atom. The maximum Gasteiger partial charge on any atom is 0.237 e. The molecule has 7 nitrogen and oxygen atoms in total. The number of nitrogens with zero attached hydrogens (tertiary/aromatic N) is 3. The van der Waals surface area contributed by atoms with Crippen molar-refractivity contribution in [2.75, 3.05) is 6.54 Å². The monoisotopic (exact) mass is 363 g/mol. The van der Waals surface area contributed by atoms with E-state index in [0.29, 0.717) is 30.4 Å². The van der Waals surface area contributed by atoms with E-state index in [1.54, 1.807) is 6.20 Å². The predicted octanol–water partition coefficient (Wildman–Crippen LogP) is 2.28. The molecule has 0 bridgehead atoms. The van der Waals surface area contributed by atoms with Crippen LogP contribution in [0.1, 0.15) is 30.3 Å². The number of amides is 1. The molecule has 0 saturated carbocycles. The molecule has 1 saturated heterocycles. The highest BCUT2D eigenvalue weighted by Crippen LogP contribution is 2.26.